The molecule has 0 N–H and O–H groups in total. The summed E-state index contributed by atoms with van der Waals surface area (Å²) in [6, 6.07) is 0. The zero-order valence-electron chi connectivity index (χ0n) is 17.9. The molecule has 0 aliphatic heterocycles. The van der Waals surface area contributed by atoms with Gasteiger partial charge in [-0.25, -0.2) is 0 Å². The molecule has 0 bridgehead atoms. The third kappa shape index (κ3) is 3.09. The molecule has 0 aromatic rings. The fraction of sp³-hybridized carbons (Fsp3) is 0.760. The second kappa shape index (κ2) is 7.46. The third-order valence-corrected chi connectivity index (χ3v) is 8.59. The molecule has 0 amide bonds. The van der Waals surface area contributed by atoms with Crippen LogP contribution in [0.1, 0.15) is 85.0 Å². The predicted octanol–water partition coefficient (Wildman–Crippen LogP) is 5.79. The van der Waals surface area contributed by atoms with Crippen LogP contribution in [0, 0.1) is 28.6 Å². The van der Waals surface area contributed by atoms with E-state index < -0.39 is 0 Å². The topological polar surface area (TPSA) is 43.4 Å². The van der Waals surface area contributed by atoms with Gasteiger partial charge in [-0.05, 0) is 68.4 Å². The van der Waals surface area contributed by atoms with E-state index >= 15 is 0 Å². The SMILES string of the molecule is CCCCCCOC1=C[C@@]2(C)C(=CC1=O)CC[C@@H]1[C@@H]2CC[C@]2(C)C(=O)CC[C@@H]12. The Labute approximate surface area is 170 Å². The largest absolute Gasteiger partial charge is 0.490 e. The van der Waals surface area contributed by atoms with Crippen molar-refractivity contribution < 1.29 is 14.3 Å². The van der Waals surface area contributed by atoms with Gasteiger partial charge in [-0.1, -0.05) is 45.6 Å². The molecule has 0 aromatic carbocycles. The lowest BCUT2D eigenvalue weighted by atomic mass is 9.48. The highest BCUT2D eigenvalue weighted by Gasteiger charge is 2.58. The number of Topliss-reactive ketones (excluding diaryl/α,β-unsaturated/α-hetero) is 1. The lowest BCUT2D eigenvalue weighted by molar-refractivity contribution is -0.131. The molecule has 3 nitrogen and oxygen atoms in total. The number of carbonyl (C=O) groups is 2. The second-order valence-electron chi connectivity index (χ2n) is 10.1. The van der Waals surface area contributed by atoms with Gasteiger partial charge in [-0.15, -0.1) is 0 Å². The highest BCUT2D eigenvalue weighted by molar-refractivity contribution is 6.04. The number of hydrogen-bond donors (Lipinski definition) is 0. The van der Waals surface area contributed by atoms with Gasteiger partial charge in [-0.2, -0.15) is 0 Å². The number of ketones is 2. The Morgan fingerprint density at radius 2 is 1.86 bits per heavy atom. The van der Waals surface area contributed by atoms with Crippen molar-refractivity contribution in [1.29, 1.82) is 0 Å². The van der Waals surface area contributed by atoms with E-state index in [1.807, 2.05) is 6.08 Å². The van der Waals surface area contributed by atoms with Gasteiger partial charge in [0.05, 0.1) is 6.61 Å². The molecule has 4 rings (SSSR count). The number of allylic oxidation sites excluding steroid dienone is 3. The first-order chi connectivity index (χ1) is 13.4. The van der Waals surface area contributed by atoms with Crippen LogP contribution >= 0.6 is 0 Å². The van der Waals surface area contributed by atoms with E-state index in [1.54, 1.807) is 0 Å². The molecule has 0 radical (unpaired) electrons. The van der Waals surface area contributed by atoms with Crippen molar-refractivity contribution in [2.24, 2.45) is 28.6 Å². The molecule has 0 heterocycles. The van der Waals surface area contributed by atoms with Crippen molar-refractivity contribution in [1.82, 2.24) is 0 Å². The first-order valence-corrected chi connectivity index (χ1v) is 11.5. The minimum atomic E-state index is -0.0917. The lowest BCUT2D eigenvalue weighted by Crippen LogP contribution is -2.50. The maximum atomic E-state index is 12.6. The van der Waals surface area contributed by atoms with Crippen molar-refractivity contribution in [3.63, 3.8) is 0 Å². The Hall–Kier alpha value is -1.38. The van der Waals surface area contributed by atoms with E-state index in [4.69, 9.17) is 4.74 Å². The fourth-order valence-corrected chi connectivity index (χ4v) is 6.86. The quantitative estimate of drug-likeness (QED) is 0.545. The molecule has 4 aliphatic rings. The average Bonchev–Trinajstić information content (AvgIpc) is 2.97. The van der Waals surface area contributed by atoms with Crippen LogP contribution < -0.4 is 0 Å². The van der Waals surface area contributed by atoms with Gasteiger partial charge in [-0.3, -0.25) is 9.59 Å². The zero-order valence-corrected chi connectivity index (χ0v) is 17.9. The summed E-state index contributed by atoms with van der Waals surface area (Å²) in [5, 5.41) is 0. The molecule has 3 heteroatoms. The van der Waals surface area contributed by atoms with Crippen molar-refractivity contribution in [2.45, 2.75) is 85.0 Å². The normalized spacial score (nSPS) is 39.6. The molecule has 0 saturated heterocycles. The smallest absolute Gasteiger partial charge is 0.220 e. The minimum Gasteiger partial charge on any atom is -0.490 e. The summed E-state index contributed by atoms with van der Waals surface area (Å²) in [6.07, 6.45) is 14.7. The van der Waals surface area contributed by atoms with E-state index in [-0.39, 0.29) is 16.6 Å². The summed E-state index contributed by atoms with van der Waals surface area (Å²) >= 11 is 0. The number of rotatable bonds is 6. The molecule has 154 valence electrons. The van der Waals surface area contributed by atoms with Gasteiger partial charge in [0.15, 0.2) is 5.76 Å². The van der Waals surface area contributed by atoms with E-state index in [9.17, 15) is 9.59 Å². The maximum Gasteiger partial charge on any atom is 0.220 e. The van der Waals surface area contributed by atoms with Gasteiger partial charge in [0.1, 0.15) is 5.78 Å². The zero-order chi connectivity index (χ0) is 19.9. The van der Waals surface area contributed by atoms with Gasteiger partial charge in [0, 0.05) is 17.3 Å². The summed E-state index contributed by atoms with van der Waals surface area (Å²) in [7, 11) is 0. The van der Waals surface area contributed by atoms with Crippen molar-refractivity contribution >= 4 is 11.6 Å². The Balaban J connectivity index is 1.54. The second-order valence-corrected chi connectivity index (χ2v) is 10.1. The van der Waals surface area contributed by atoms with Crippen LogP contribution in [0.2, 0.25) is 0 Å². The van der Waals surface area contributed by atoms with E-state index in [0.29, 0.717) is 35.9 Å². The highest BCUT2D eigenvalue weighted by Crippen LogP contribution is 2.63. The van der Waals surface area contributed by atoms with Crippen molar-refractivity contribution in [2.75, 3.05) is 6.61 Å². The molecule has 4 aliphatic carbocycles. The van der Waals surface area contributed by atoms with Gasteiger partial charge < -0.3 is 4.74 Å². The molecule has 0 aromatic heterocycles. The average molecular weight is 385 g/mol. The molecule has 0 unspecified atom stereocenters. The highest BCUT2D eigenvalue weighted by atomic mass is 16.5. The maximum absolute atomic E-state index is 12.6. The van der Waals surface area contributed by atoms with Crippen LogP contribution in [0.5, 0.6) is 0 Å². The Morgan fingerprint density at radius 3 is 2.64 bits per heavy atom. The Morgan fingerprint density at radius 1 is 1.04 bits per heavy atom. The Bertz CT molecular complexity index is 717. The van der Waals surface area contributed by atoms with Crippen LogP contribution in [0.4, 0.5) is 0 Å². The minimum absolute atomic E-state index is 0.0538. The summed E-state index contributed by atoms with van der Waals surface area (Å²) in [5.41, 5.74) is 1.12. The summed E-state index contributed by atoms with van der Waals surface area (Å²) < 4.78 is 5.97. The first-order valence-electron chi connectivity index (χ1n) is 11.5. The molecular weight excluding hydrogens is 348 g/mol. The van der Waals surface area contributed by atoms with E-state index in [1.165, 1.54) is 18.4 Å². The molecule has 28 heavy (non-hydrogen) atoms. The number of fused-ring (bicyclic) bond motifs is 5. The van der Waals surface area contributed by atoms with E-state index in [2.05, 4.69) is 26.8 Å². The monoisotopic (exact) mass is 384 g/mol. The summed E-state index contributed by atoms with van der Waals surface area (Å²) in [5.74, 6) is 2.78. The lowest BCUT2D eigenvalue weighted by Gasteiger charge is -2.55. The van der Waals surface area contributed by atoms with Gasteiger partial charge in [0.2, 0.25) is 5.78 Å². The number of ether oxygens (including phenoxy) is 1. The van der Waals surface area contributed by atoms with Crippen LogP contribution in [0.15, 0.2) is 23.5 Å². The number of unbranched alkanes of at least 4 members (excludes halogenated alkanes) is 3. The number of carbonyl (C=O) groups excluding carboxylic acids is 2. The molecule has 3 saturated carbocycles. The van der Waals surface area contributed by atoms with Crippen LogP contribution in [-0.4, -0.2) is 18.2 Å². The molecule has 5 atom stereocenters. The summed E-state index contributed by atoms with van der Waals surface area (Å²) in [6.45, 7) is 7.39. The van der Waals surface area contributed by atoms with Gasteiger partial charge in [0.25, 0.3) is 0 Å². The van der Waals surface area contributed by atoms with Crippen LogP contribution in [0.25, 0.3) is 0 Å². The fourth-order valence-electron chi connectivity index (χ4n) is 6.86. The van der Waals surface area contributed by atoms with Crippen molar-refractivity contribution in [3.05, 3.63) is 23.5 Å². The predicted molar refractivity (Wildman–Crippen MR) is 111 cm³/mol. The summed E-state index contributed by atoms with van der Waals surface area (Å²) in [4.78, 5) is 25.2. The van der Waals surface area contributed by atoms with Crippen molar-refractivity contribution in [3.8, 4) is 0 Å². The van der Waals surface area contributed by atoms with Crippen LogP contribution in [0.3, 0.4) is 0 Å². The number of hydrogen-bond acceptors (Lipinski definition) is 3. The standard InChI is InChI=1S/C25H36O3/c1-4-5-6-7-14-28-22-16-25(3)17(15-21(22)26)8-9-18-19-10-11-23(27)24(19,2)13-12-20(18)25/h15-16,18-20H,4-14H2,1-3H3/t18-,19-,20-,24-,25-/m0/s1. The van der Waals surface area contributed by atoms with E-state index in [0.717, 1.165) is 51.4 Å². The first kappa shape index (κ1) is 19.9. The van der Waals surface area contributed by atoms with Gasteiger partial charge >= 0.3 is 0 Å². The molecule has 0 spiro atoms. The molecule has 3 fully saturated rings. The van der Waals surface area contributed by atoms with Crippen LogP contribution in [-0.2, 0) is 14.3 Å². The third-order valence-electron chi connectivity index (χ3n) is 8.59. The Kier molecular flexibility index (Phi) is 5.31. The molecular formula is C25H36O3.